The average Bonchev–Trinajstić information content (AvgIpc) is 2.99. The molecular weight excluding hydrogens is 492 g/mol. The zero-order chi connectivity index (χ0) is 26.7. The van der Waals surface area contributed by atoms with Crippen LogP contribution in [0.2, 0.25) is 0 Å². The third kappa shape index (κ3) is 7.55. The Hall–Kier alpha value is -4.44. The number of nitrogens with zero attached hydrogens (tertiary/aromatic N) is 5. The number of phenolic OH excluding ortho intramolecular Hbond substituents is 1. The van der Waals surface area contributed by atoms with Gasteiger partial charge in [0.1, 0.15) is 11.5 Å². The lowest BCUT2D eigenvalue weighted by atomic mass is 10.1. The summed E-state index contributed by atoms with van der Waals surface area (Å²) in [4.78, 5) is 20.3. The number of piperazine rings is 1. The van der Waals surface area contributed by atoms with E-state index in [1.54, 1.807) is 24.5 Å². The van der Waals surface area contributed by atoms with Crippen molar-refractivity contribution in [2.75, 3.05) is 61.4 Å². The number of anilines is 3. The van der Waals surface area contributed by atoms with Gasteiger partial charge in [-0.1, -0.05) is 30.3 Å². The highest BCUT2D eigenvalue weighted by molar-refractivity contribution is 5.69. The number of aromatic nitrogens is 4. The van der Waals surface area contributed by atoms with Gasteiger partial charge >= 0.3 is 0 Å². The number of hydrogen-bond acceptors (Lipinski definition) is 10. The number of rotatable bonds is 12. The van der Waals surface area contributed by atoms with Crippen molar-refractivity contribution in [3.8, 4) is 22.6 Å². The molecule has 10 heteroatoms. The van der Waals surface area contributed by atoms with E-state index in [2.05, 4.69) is 41.9 Å². The normalized spacial score (nSPS) is 13.2. The van der Waals surface area contributed by atoms with E-state index < -0.39 is 0 Å². The molecule has 0 amide bonds. The number of phenols is 1. The Morgan fingerprint density at radius 2 is 1.56 bits per heavy atom. The summed E-state index contributed by atoms with van der Waals surface area (Å²) in [5.41, 5.74) is 3.25. The van der Waals surface area contributed by atoms with Gasteiger partial charge in [-0.25, -0.2) is 0 Å². The number of nitrogens with one attached hydrogen (secondary N) is 3. The Balaban J connectivity index is 1.17. The van der Waals surface area contributed by atoms with Crippen molar-refractivity contribution in [3.05, 3.63) is 78.6 Å². The molecule has 4 N–H and O–H groups in total. The molecule has 0 spiro atoms. The number of aromatic hydroxyl groups is 1. The summed E-state index contributed by atoms with van der Waals surface area (Å²) >= 11 is 0. The van der Waals surface area contributed by atoms with Crippen molar-refractivity contribution < 1.29 is 9.84 Å². The van der Waals surface area contributed by atoms with Gasteiger partial charge in [-0.05, 0) is 54.3 Å². The molecule has 39 heavy (non-hydrogen) atoms. The van der Waals surface area contributed by atoms with Gasteiger partial charge in [-0.3, -0.25) is 4.98 Å². The molecule has 3 heterocycles. The second kappa shape index (κ2) is 13.4. The summed E-state index contributed by atoms with van der Waals surface area (Å²) in [6.45, 7) is 5.38. The highest BCUT2D eigenvalue weighted by Gasteiger charge is 2.16. The fraction of sp³-hybridized carbons (Fsp3) is 0.310. The van der Waals surface area contributed by atoms with Gasteiger partial charge in [0.05, 0.1) is 6.61 Å². The van der Waals surface area contributed by atoms with Crippen LogP contribution >= 0.6 is 0 Å². The SMILES string of the molecule is Oc1ccc(CCNc2nc(NCCCOc3ccccc3-c3ccncc3)nc(N3CCNCC3)n2)cc1. The van der Waals surface area contributed by atoms with Crippen molar-refractivity contribution in [3.63, 3.8) is 0 Å². The van der Waals surface area contributed by atoms with Crippen molar-refractivity contribution in [2.24, 2.45) is 0 Å². The van der Waals surface area contributed by atoms with Crippen LogP contribution in [0.15, 0.2) is 73.1 Å². The Kier molecular flexibility index (Phi) is 8.98. The van der Waals surface area contributed by atoms with E-state index in [4.69, 9.17) is 9.72 Å². The van der Waals surface area contributed by atoms with E-state index in [1.165, 1.54) is 0 Å². The van der Waals surface area contributed by atoms with Crippen LogP contribution in [-0.4, -0.2) is 70.9 Å². The summed E-state index contributed by atoms with van der Waals surface area (Å²) in [6.07, 6.45) is 5.14. The number of benzene rings is 2. The molecule has 1 saturated heterocycles. The standard InChI is InChI=1S/C29H34N8O2/c38-24-8-6-22(7-9-24)10-16-33-28-34-27(35-29(36-28)37-19-17-31-18-20-37)32-13-3-21-39-26-5-2-1-4-25(26)23-11-14-30-15-12-23/h1-2,4-9,11-12,14-15,31,38H,3,10,13,16-21H2,(H2,32,33,34,35,36). The second-order valence-electron chi connectivity index (χ2n) is 9.22. The minimum atomic E-state index is 0.268. The first kappa shape index (κ1) is 26.2. The minimum absolute atomic E-state index is 0.268. The summed E-state index contributed by atoms with van der Waals surface area (Å²) in [7, 11) is 0. The predicted molar refractivity (Wildman–Crippen MR) is 153 cm³/mol. The molecule has 0 bridgehead atoms. The van der Waals surface area contributed by atoms with Crippen LogP contribution in [0.4, 0.5) is 17.8 Å². The first-order chi connectivity index (χ1) is 19.2. The molecule has 4 aromatic rings. The lowest BCUT2D eigenvalue weighted by molar-refractivity contribution is 0.316. The molecular formula is C29H34N8O2. The zero-order valence-electron chi connectivity index (χ0n) is 21.9. The largest absolute Gasteiger partial charge is 0.508 e. The maximum atomic E-state index is 9.50. The molecule has 0 aliphatic carbocycles. The van der Waals surface area contributed by atoms with Gasteiger partial charge in [-0.15, -0.1) is 0 Å². The first-order valence-electron chi connectivity index (χ1n) is 13.3. The third-order valence-electron chi connectivity index (χ3n) is 6.40. The Bertz CT molecular complexity index is 1310. The number of pyridine rings is 1. The van der Waals surface area contributed by atoms with Gasteiger partial charge in [-0.2, -0.15) is 15.0 Å². The maximum Gasteiger partial charge on any atom is 0.232 e. The van der Waals surface area contributed by atoms with Gasteiger partial charge in [0, 0.05) is 57.2 Å². The molecule has 5 rings (SSSR count). The lowest BCUT2D eigenvalue weighted by Gasteiger charge is -2.27. The van der Waals surface area contributed by atoms with E-state index in [0.717, 1.165) is 61.5 Å². The molecule has 0 radical (unpaired) electrons. The van der Waals surface area contributed by atoms with Crippen molar-refractivity contribution in [1.82, 2.24) is 25.3 Å². The maximum absolute atomic E-state index is 9.50. The van der Waals surface area contributed by atoms with Crippen LogP contribution in [0.3, 0.4) is 0 Å². The minimum Gasteiger partial charge on any atom is -0.508 e. The third-order valence-corrected chi connectivity index (χ3v) is 6.40. The Morgan fingerprint density at radius 1 is 0.846 bits per heavy atom. The molecule has 0 saturated carbocycles. The van der Waals surface area contributed by atoms with Crippen LogP contribution in [0.1, 0.15) is 12.0 Å². The topological polar surface area (TPSA) is 120 Å². The Labute approximate surface area is 228 Å². The van der Waals surface area contributed by atoms with Crippen molar-refractivity contribution >= 4 is 17.8 Å². The number of ether oxygens (including phenoxy) is 1. The van der Waals surface area contributed by atoms with E-state index in [1.807, 2.05) is 42.5 Å². The van der Waals surface area contributed by atoms with Gasteiger partial charge in [0.25, 0.3) is 0 Å². The fourth-order valence-electron chi connectivity index (χ4n) is 4.33. The highest BCUT2D eigenvalue weighted by atomic mass is 16.5. The van der Waals surface area contributed by atoms with Crippen molar-refractivity contribution in [1.29, 1.82) is 0 Å². The van der Waals surface area contributed by atoms with Gasteiger partial charge in [0.15, 0.2) is 0 Å². The summed E-state index contributed by atoms with van der Waals surface area (Å²) < 4.78 is 6.12. The van der Waals surface area contributed by atoms with E-state index in [9.17, 15) is 5.11 Å². The van der Waals surface area contributed by atoms with Crippen LogP contribution in [0.5, 0.6) is 11.5 Å². The highest BCUT2D eigenvalue weighted by Crippen LogP contribution is 2.29. The number of hydrogen-bond donors (Lipinski definition) is 4. The molecule has 202 valence electrons. The predicted octanol–water partition coefficient (Wildman–Crippen LogP) is 3.58. The summed E-state index contributed by atoms with van der Waals surface area (Å²) in [5, 5.41) is 19.6. The van der Waals surface area contributed by atoms with Crippen LogP contribution < -0.4 is 25.6 Å². The molecule has 2 aromatic carbocycles. The molecule has 1 fully saturated rings. The van der Waals surface area contributed by atoms with E-state index >= 15 is 0 Å². The van der Waals surface area contributed by atoms with Crippen LogP contribution in [-0.2, 0) is 6.42 Å². The zero-order valence-corrected chi connectivity index (χ0v) is 21.9. The fourth-order valence-corrected chi connectivity index (χ4v) is 4.33. The first-order valence-corrected chi connectivity index (χ1v) is 13.3. The smallest absolute Gasteiger partial charge is 0.232 e. The van der Waals surface area contributed by atoms with E-state index in [0.29, 0.717) is 37.5 Å². The summed E-state index contributed by atoms with van der Waals surface area (Å²) in [5.74, 6) is 2.88. The molecule has 10 nitrogen and oxygen atoms in total. The Morgan fingerprint density at radius 3 is 2.33 bits per heavy atom. The van der Waals surface area contributed by atoms with Crippen molar-refractivity contribution in [2.45, 2.75) is 12.8 Å². The van der Waals surface area contributed by atoms with E-state index in [-0.39, 0.29) is 5.75 Å². The summed E-state index contributed by atoms with van der Waals surface area (Å²) in [6, 6.07) is 19.2. The molecule has 0 unspecified atom stereocenters. The molecule has 1 aliphatic rings. The van der Waals surface area contributed by atoms with Crippen LogP contribution in [0.25, 0.3) is 11.1 Å². The monoisotopic (exact) mass is 526 g/mol. The van der Waals surface area contributed by atoms with Crippen LogP contribution in [0, 0.1) is 0 Å². The molecule has 2 aromatic heterocycles. The van der Waals surface area contributed by atoms with Gasteiger partial charge in [0.2, 0.25) is 17.8 Å². The lowest BCUT2D eigenvalue weighted by Crippen LogP contribution is -2.44. The molecule has 0 atom stereocenters. The number of para-hydroxylation sites is 1. The molecule has 1 aliphatic heterocycles. The second-order valence-corrected chi connectivity index (χ2v) is 9.22. The van der Waals surface area contributed by atoms with Gasteiger partial charge < -0.3 is 30.7 Å². The average molecular weight is 527 g/mol. The quantitative estimate of drug-likeness (QED) is 0.204.